The van der Waals surface area contributed by atoms with Crippen molar-refractivity contribution in [3.63, 3.8) is 0 Å². The number of rotatable bonds is 9. The highest BCUT2D eigenvalue weighted by molar-refractivity contribution is 6.05. The minimum Gasteiger partial charge on any atom is -0.351 e. The molecule has 2 rings (SSSR count). The number of carbonyl (C=O) groups excluding carboxylic acids is 3. The Balaban J connectivity index is 0.00000512. The zero-order valence-electron chi connectivity index (χ0n) is 18.7. The zero-order chi connectivity index (χ0) is 23.1. The molecule has 0 fully saturated rings. The largest absolute Gasteiger partial charge is 0.351 e. The van der Waals surface area contributed by atoms with Crippen molar-refractivity contribution in [1.82, 2.24) is 24.4 Å². The molecule has 2 heterocycles. The molecule has 13 heteroatoms. The van der Waals surface area contributed by atoms with Crippen molar-refractivity contribution in [3.8, 4) is 0 Å². The Bertz CT molecular complexity index is 969. The van der Waals surface area contributed by atoms with Gasteiger partial charge in [0.1, 0.15) is 11.4 Å². The monoisotopic (exact) mass is 468 g/mol. The molecule has 0 aliphatic rings. The smallest absolute Gasteiger partial charge is 0.344 e. The number of carbonyl (C=O) groups is 3. The highest BCUT2D eigenvalue weighted by Gasteiger charge is 2.17. The molecule has 12 nitrogen and oxygen atoms in total. The molecule has 176 valence electrons. The Morgan fingerprint density at radius 3 is 2.00 bits per heavy atom. The molecule has 0 unspecified atom stereocenters. The summed E-state index contributed by atoms with van der Waals surface area (Å²) in [7, 11) is 8.52. The van der Waals surface area contributed by atoms with Crippen molar-refractivity contribution in [2.45, 2.75) is 6.42 Å². The van der Waals surface area contributed by atoms with Gasteiger partial charge in [-0.2, -0.15) is 5.01 Å². The number of nitrogens with zero attached hydrogens (tertiary/aromatic N) is 5. The average Bonchev–Trinajstić information content (AvgIpc) is 3.25. The van der Waals surface area contributed by atoms with Crippen molar-refractivity contribution < 1.29 is 14.4 Å². The standard InChI is InChI=1S/C19H28N8O4.ClH/c1-24(2)8-6-7-20-17(28)15-9-13(11-25(15)3)21-18(29)16-10-14(12-26(16)4)22-19(30)27(5)23-31;/h9-12H,6-8H2,1-5H3,(H,20,28)(H,21,29)(H,22,30);1H. The first-order chi connectivity index (χ1) is 14.6. The molecule has 0 bridgehead atoms. The van der Waals surface area contributed by atoms with Crippen LogP contribution < -0.4 is 16.0 Å². The Morgan fingerprint density at radius 2 is 1.47 bits per heavy atom. The molecule has 4 amide bonds. The van der Waals surface area contributed by atoms with Gasteiger partial charge in [-0.25, -0.2) is 4.79 Å². The average molecular weight is 469 g/mol. The van der Waals surface area contributed by atoms with Gasteiger partial charge in [-0.3, -0.25) is 9.59 Å². The molecule has 0 aliphatic carbocycles. The third-order valence-electron chi connectivity index (χ3n) is 4.47. The van der Waals surface area contributed by atoms with Crippen LogP contribution in [0.5, 0.6) is 0 Å². The first-order valence-electron chi connectivity index (χ1n) is 9.57. The van der Waals surface area contributed by atoms with Gasteiger partial charge in [-0.15, -0.1) is 17.3 Å². The van der Waals surface area contributed by atoms with Gasteiger partial charge in [-0.1, -0.05) is 0 Å². The summed E-state index contributed by atoms with van der Waals surface area (Å²) in [6, 6.07) is 2.33. The number of amides is 4. The van der Waals surface area contributed by atoms with Crippen LogP contribution in [0.25, 0.3) is 0 Å². The first kappa shape index (κ1) is 26.7. The first-order valence-corrected chi connectivity index (χ1v) is 9.57. The van der Waals surface area contributed by atoms with E-state index in [1.807, 2.05) is 19.0 Å². The SMILES string of the molecule is CN(C)CCCNC(=O)c1cc(NC(=O)c2cc(NC(=O)N(C)N=O)cn2C)cn1C.Cl. The molecular formula is C19H29ClN8O4. The quantitative estimate of drug-likeness (QED) is 0.293. The van der Waals surface area contributed by atoms with E-state index in [4.69, 9.17) is 0 Å². The number of anilines is 2. The van der Waals surface area contributed by atoms with Crippen LogP contribution in [-0.2, 0) is 14.1 Å². The van der Waals surface area contributed by atoms with Gasteiger partial charge >= 0.3 is 6.03 Å². The summed E-state index contributed by atoms with van der Waals surface area (Å²) < 4.78 is 3.16. The Morgan fingerprint density at radius 1 is 0.938 bits per heavy atom. The van der Waals surface area contributed by atoms with E-state index in [0.717, 1.165) is 13.0 Å². The molecule has 0 aliphatic heterocycles. The Labute approximate surface area is 192 Å². The second-order valence-electron chi connectivity index (χ2n) is 7.35. The number of aryl methyl sites for hydroxylation is 2. The van der Waals surface area contributed by atoms with Crippen molar-refractivity contribution in [2.24, 2.45) is 19.4 Å². The van der Waals surface area contributed by atoms with E-state index in [1.54, 1.807) is 30.9 Å². The summed E-state index contributed by atoms with van der Waals surface area (Å²) >= 11 is 0. The minimum atomic E-state index is -0.725. The van der Waals surface area contributed by atoms with Crippen LogP contribution in [0.4, 0.5) is 16.2 Å². The third kappa shape index (κ3) is 7.10. The number of hydrogen-bond donors (Lipinski definition) is 3. The van der Waals surface area contributed by atoms with E-state index in [9.17, 15) is 19.3 Å². The molecule has 0 atom stereocenters. The summed E-state index contributed by atoms with van der Waals surface area (Å²) in [5.41, 5.74) is 1.49. The second-order valence-corrected chi connectivity index (χ2v) is 7.35. The predicted octanol–water partition coefficient (Wildman–Crippen LogP) is 1.86. The molecule has 0 spiro atoms. The predicted molar refractivity (Wildman–Crippen MR) is 124 cm³/mol. The van der Waals surface area contributed by atoms with Crippen LogP contribution in [0, 0.1) is 4.91 Å². The van der Waals surface area contributed by atoms with E-state index < -0.39 is 11.9 Å². The summed E-state index contributed by atoms with van der Waals surface area (Å²) in [6.45, 7) is 1.42. The third-order valence-corrected chi connectivity index (χ3v) is 4.47. The number of hydrogen-bond acceptors (Lipinski definition) is 6. The normalized spacial score (nSPS) is 10.3. The molecule has 32 heavy (non-hydrogen) atoms. The molecule has 0 saturated carbocycles. The molecule has 0 aromatic carbocycles. The highest BCUT2D eigenvalue weighted by Crippen LogP contribution is 2.17. The van der Waals surface area contributed by atoms with E-state index >= 15 is 0 Å². The topological polar surface area (TPSA) is 133 Å². The number of halogens is 1. The van der Waals surface area contributed by atoms with Crippen LogP contribution in [0.2, 0.25) is 0 Å². The molecule has 0 saturated heterocycles. The summed E-state index contributed by atoms with van der Waals surface area (Å²) in [6.07, 6.45) is 4.00. The Kier molecular flexibility index (Phi) is 9.88. The number of urea groups is 1. The maximum atomic E-state index is 12.7. The maximum absolute atomic E-state index is 12.7. The van der Waals surface area contributed by atoms with Crippen molar-refractivity contribution in [2.75, 3.05) is 44.9 Å². The lowest BCUT2D eigenvalue weighted by Crippen LogP contribution is -2.28. The van der Waals surface area contributed by atoms with Crippen LogP contribution in [-0.4, -0.2) is 71.1 Å². The van der Waals surface area contributed by atoms with Crippen molar-refractivity contribution >= 4 is 41.6 Å². The van der Waals surface area contributed by atoms with Gasteiger partial charge in [0.15, 0.2) is 0 Å². The molecule has 2 aromatic rings. The van der Waals surface area contributed by atoms with Crippen molar-refractivity contribution in [3.05, 3.63) is 40.8 Å². The van der Waals surface area contributed by atoms with Crippen LogP contribution in [0.3, 0.4) is 0 Å². The summed E-state index contributed by atoms with van der Waals surface area (Å²) in [4.78, 5) is 49.2. The second kappa shape index (κ2) is 11.9. The van der Waals surface area contributed by atoms with E-state index in [1.165, 1.54) is 23.9 Å². The molecular weight excluding hydrogens is 440 g/mol. The van der Waals surface area contributed by atoms with Crippen LogP contribution in [0.15, 0.2) is 29.8 Å². The van der Waals surface area contributed by atoms with E-state index in [0.29, 0.717) is 28.6 Å². The van der Waals surface area contributed by atoms with Crippen molar-refractivity contribution in [1.29, 1.82) is 0 Å². The van der Waals surface area contributed by atoms with E-state index in [2.05, 4.69) is 21.2 Å². The fourth-order valence-corrected chi connectivity index (χ4v) is 2.84. The summed E-state index contributed by atoms with van der Waals surface area (Å²) in [5, 5.41) is 11.2. The van der Waals surface area contributed by atoms with Gasteiger partial charge in [-0.05, 0) is 39.2 Å². The zero-order valence-corrected chi connectivity index (χ0v) is 19.5. The minimum absolute atomic E-state index is 0. The van der Waals surface area contributed by atoms with Gasteiger partial charge < -0.3 is 30.0 Å². The highest BCUT2D eigenvalue weighted by atomic mass is 35.5. The van der Waals surface area contributed by atoms with Gasteiger partial charge in [0.2, 0.25) is 0 Å². The Hall–Kier alpha value is -3.38. The maximum Gasteiger partial charge on any atom is 0.344 e. The van der Waals surface area contributed by atoms with Gasteiger partial charge in [0.25, 0.3) is 11.8 Å². The number of nitrogens with one attached hydrogen (secondary N) is 3. The van der Waals surface area contributed by atoms with E-state index in [-0.39, 0.29) is 24.0 Å². The van der Waals surface area contributed by atoms with Gasteiger partial charge in [0.05, 0.1) is 16.7 Å². The summed E-state index contributed by atoms with van der Waals surface area (Å²) in [5.74, 6) is -0.646. The molecule has 2 aromatic heterocycles. The van der Waals surface area contributed by atoms with Gasteiger partial charge in [0, 0.05) is 40.1 Å². The number of nitroso groups, excluding NO2 is 1. The van der Waals surface area contributed by atoms with Crippen LogP contribution in [0.1, 0.15) is 27.4 Å². The fourth-order valence-electron chi connectivity index (χ4n) is 2.84. The van der Waals surface area contributed by atoms with Crippen LogP contribution >= 0.6 is 12.4 Å². The lowest BCUT2D eigenvalue weighted by atomic mass is 10.3. The fraction of sp³-hybridized carbons (Fsp3) is 0.421. The number of aromatic nitrogens is 2. The molecule has 0 radical (unpaired) electrons. The molecule has 3 N–H and O–H groups in total. The lowest BCUT2D eigenvalue weighted by Gasteiger charge is -2.10. The lowest BCUT2D eigenvalue weighted by molar-refractivity contribution is 0.0943.